The third-order valence-electron chi connectivity index (χ3n) is 5.44. The lowest BCUT2D eigenvalue weighted by Crippen LogP contribution is -2.40. The van der Waals surface area contributed by atoms with Crippen molar-refractivity contribution in [3.8, 4) is 11.5 Å². The largest absolute Gasteiger partial charge is 0.497 e. The summed E-state index contributed by atoms with van der Waals surface area (Å²) >= 11 is 0. The summed E-state index contributed by atoms with van der Waals surface area (Å²) in [7, 11) is 3.04. The zero-order valence-electron chi connectivity index (χ0n) is 15.9. The van der Waals surface area contributed by atoms with Crippen LogP contribution in [0.1, 0.15) is 29.2 Å². The molecule has 2 aromatic rings. The molecule has 0 spiro atoms. The molecule has 2 aliphatic rings. The molecule has 2 atom stereocenters. The normalized spacial score (nSPS) is 20.6. The number of alkyl halides is 3. The fourth-order valence-corrected chi connectivity index (χ4v) is 4.05. The van der Waals surface area contributed by atoms with Crippen LogP contribution in [0.5, 0.6) is 11.5 Å². The SMILES string of the molecule is COc1ccc([C@H]2[C@@H]3CCc4ccc(OC)cc4C3=NN2C(=O)C(F)(F)F)cc1. The Hall–Kier alpha value is -3.03. The van der Waals surface area contributed by atoms with Crippen LogP contribution in [0.3, 0.4) is 0 Å². The minimum absolute atomic E-state index is 0.339. The van der Waals surface area contributed by atoms with Crippen LogP contribution in [0.15, 0.2) is 47.6 Å². The van der Waals surface area contributed by atoms with Gasteiger partial charge in [-0.1, -0.05) is 18.2 Å². The van der Waals surface area contributed by atoms with Gasteiger partial charge in [-0.3, -0.25) is 4.79 Å². The quantitative estimate of drug-likeness (QED) is 0.774. The summed E-state index contributed by atoms with van der Waals surface area (Å²) in [5.41, 5.74) is 2.79. The van der Waals surface area contributed by atoms with Crippen LogP contribution in [-0.2, 0) is 11.2 Å². The van der Waals surface area contributed by atoms with Gasteiger partial charge in [-0.2, -0.15) is 18.3 Å². The highest BCUT2D eigenvalue weighted by Gasteiger charge is 2.51. The maximum Gasteiger partial charge on any atom is 0.473 e. The molecule has 2 aromatic carbocycles. The second kappa shape index (κ2) is 7.09. The number of hydrogen-bond donors (Lipinski definition) is 0. The Kier molecular flexibility index (Phi) is 4.72. The minimum atomic E-state index is -5.01. The molecule has 4 rings (SSSR count). The zero-order valence-corrected chi connectivity index (χ0v) is 15.9. The number of carbonyl (C=O) groups excluding carboxylic acids is 1. The molecule has 5 nitrogen and oxygen atoms in total. The fourth-order valence-electron chi connectivity index (χ4n) is 4.05. The first-order valence-corrected chi connectivity index (χ1v) is 9.13. The van der Waals surface area contributed by atoms with Crippen molar-refractivity contribution in [3.63, 3.8) is 0 Å². The lowest BCUT2D eigenvalue weighted by Gasteiger charge is -2.30. The number of hydrogen-bond acceptors (Lipinski definition) is 4. The van der Waals surface area contributed by atoms with Crippen molar-refractivity contribution >= 4 is 11.6 Å². The Labute approximate surface area is 165 Å². The van der Waals surface area contributed by atoms with Crippen molar-refractivity contribution < 1.29 is 27.4 Å². The van der Waals surface area contributed by atoms with Crippen LogP contribution < -0.4 is 9.47 Å². The number of carbonyl (C=O) groups is 1. The van der Waals surface area contributed by atoms with E-state index in [0.717, 1.165) is 11.1 Å². The Morgan fingerprint density at radius 2 is 1.72 bits per heavy atom. The average molecular weight is 404 g/mol. The monoisotopic (exact) mass is 404 g/mol. The van der Waals surface area contributed by atoms with Gasteiger partial charge < -0.3 is 9.47 Å². The van der Waals surface area contributed by atoms with Crippen LogP contribution in [0, 0.1) is 5.92 Å². The molecule has 1 aliphatic carbocycles. The lowest BCUT2D eigenvalue weighted by atomic mass is 9.77. The molecule has 1 heterocycles. The first kappa shape index (κ1) is 19.3. The summed E-state index contributed by atoms with van der Waals surface area (Å²) in [6, 6.07) is 11.3. The number of methoxy groups -OCH3 is 2. The van der Waals surface area contributed by atoms with Crippen LogP contribution >= 0.6 is 0 Å². The molecule has 0 fully saturated rings. The van der Waals surface area contributed by atoms with Crippen LogP contribution in [0.25, 0.3) is 0 Å². The molecule has 0 N–H and O–H groups in total. The van der Waals surface area contributed by atoms with E-state index in [0.29, 0.717) is 40.6 Å². The standard InChI is InChI=1S/C21H19F3N2O3/c1-28-14-7-4-13(5-8-14)19-16-10-6-12-3-9-15(29-2)11-17(12)18(16)25-26(19)20(27)21(22,23)24/h3-5,7-9,11,16,19H,6,10H2,1-2H3/t16-,19+/m1/s1. The van der Waals surface area contributed by atoms with Gasteiger partial charge in [0, 0.05) is 11.5 Å². The van der Waals surface area contributed by atoms with Crippen LogP contribution in [0.2, 0.25) is 0 Å². The van der Waals surface area contributed by atoms with Crippen molar-refractivity contribution in [2.24, 2.45) is 11.0 Å². The molecule has 1 amide bonds. The summed E-state index contributed by atoms with van der Waals surface area (Å²) in [6.07, 6.45) is -3.74. The number of fused-ring (bicyclic) bond motifs is 3. The molecular formula is C21H19F3N2O3. The van der Waals surface area contributed by atoms with E-state index >= 15 is 0 Å². The van der Waals surface area contributed by atoms with Crippen LogP contribution in [0.4, 0.5) is 13.2 Å². The first-order valence-electron chi connectivity index (χ1n) is 9.13. The molecule has 0 saturated heterocycles. The van der Waals surface area contributed by atoms with Gasteiger partial charge in [-0.25, -0.2) is 5.01 Å². The van der Waals surface area contributed by atoms with E-state index in [1.165, 1.54) is 14.2 Å². The van der Waals surface area contributed by atoms with Gasteiger partial charge in [-0.15, -0.1) is 0 Å². The first-order chi connectivity index (χ1) is 13.8. The molecule has 29 heavy (non-hydrogen) atoms. The number of aryl methyl sites for hydroxylation is 1. The fraction of sp³-hybridized carbons (Fsp3) is 0.333. The molecule has 152 valence electrons. The summed E-state index contributed by atoms with van der Waals surface area (Å²) < 4.78 is 50.3. The van der Waals surface area contributed by atoms with Crippen molar-refractivity contribution in [3.05, 3.63) is 59.2 Å². The highest BCUT2D eigenvalue weighted by atomic mass is 19.4. The molecule has 0 saturated carbocycles. The summed E-state index contributed by atoms with van der Waals surface area (Å²) in [6.45, 7) is 0. The van der Waals surface area contributed by atoms with Gasteiger partial charge in [0.1, 0.15) is 11.5 Å². The molecule has 0 unspecified atom stereocenters. The van der Waals surface area contributed by atoms with Crippen molar-refractivity contribution in [2.75, 3.05) is 14.2 Å². The third kappa shape index (κ3) is 3.32. The van der Waals surface area contributed by atoms with Gasteiger partial charge in [0.15, 0.2) is 0 Å². The highest BCUT2D eigenvalue weighted by molar-refractivity contribution is 6.07. The number of hydrazone groups is 1. The van der Waals surface area contributed by atoms with Gasteiger partial charge in [0.05, 0.1) is 26.0 Å². The van der Waals surface area contributed by atoms with E-state index in [-0.39, 0.29) is 5.92 Å². The molecule has 0 bridgehead atoms. The molecule has 0 radical (unpaired) electrons. The number of halogens is 3. The van der Waals surface area contributed by atoms with Crippen molar-refractivity contribution in [2.45, 2.75) is 25.1 Å². The van der Waals surface area contributed by atoms with Crippen LogP contribution in [-0.4, -0.2) is 37.0 Å². The maximum absolute atomic E-state index is 13.3. The lowest BCUT2D eigenvalue weighted by molar-refractivity contribution is -0.188. The maximum atomic E-state index is 13.3. The van der Waals surface area contributed by atoms with Crippen molar-refractivity contribution in [1.82, 2.24) is 5.01 Å². The average Bonchev–Trinajstić information content (AvgIpc) is 3.12. The van der Waals surface area contributed by atoms with Gasteiger partial charge >= 0.3 is 12.1 Å². The number of benzene rings is 2. The number of nitrogens with zero attached hydrogens (tertiary/aromatic N) is 2. The smallest absolute Gasteiger partial charge is 0.473 e. The summed E-state index contributed by atoms with van der Waals surface area (Å²) in [5.74, 6) is -1.13. The second-order valence-electron chi connectivity index (χ2n) is 7.02. The predicted molar refractivity (Wildman–Crippen MR) is 100.0 cm³/mol. The Bertz CT molecular complexity index is 970. The van der Waals surface area contributed by atoms with E-state index in [2.05, 4.69) is 5.10 Å². The Morgan fingerprint density at radius 1 is 1.07 bits per heavy atom. The molecule has 1 aliphatic heterocycles. The minimum Gasteiger partial charge on any atom is -0.497 e. The number of ether oxygens (including phenoxy) is 2. The Balaban J connectivity index is 1.81. The van der Waals surface area contributed by atoms with E-state index < -0.39 is 18.1 Å². The van der Waals surface area contributed by atoms with E-state index in [1.807, 2.05) is 12.1 Å². The Morgan fingerprint density at radius 3 is 2.34 bits per heavy atom. The molecular weight excluding hydrogens is 385 g/mol. The summed E-state index contributed by atoms with van der Waals surface area (Å²) in [5, 5.41) is 4.78. The zero-order chi connectivity index (χ0) is 20.8. The van der Waals surface area contributed by atoms with Gasteiger partial charge in [0.2, 0.25) is 0 Å². The summed E-state index contributed by atoms with van der Waals surface area (Å²) in [4.78, 5) is 12.2. The van der Waals surface area contributed by atoms with Gasteiger partial charge in [-0.05, 0) is 48.2 Å². The predicted octanol–water partition coefficient (Wildman–Crippen LogP) is 4.12. The second-order valence-corrected chi connectivity index (χ2v) is 7.02. The van der Waals surface area contributed by atoms with E-state index in [9.17, 15) is 18.0 Å². The van der Waals surface area contributed by atoms with E-state index in [1.54, 1.807) is 30.3 Å². The van der Waals surface area contributed by atoms with Gasteiger partial charge in [0.25, 0.3) is 0 Å². The molecule has 0 aromatic heterocycles. The topological polar surface area (TPSA) is 51.1 Å². The van der Waals surface area contributed by atoms with E-state index in [4.69, 9.17) is 9.47 Å². The number of rotatable bonds is 3. The number of amides is 1. The molecule has 8 heteroatoms. The third-order valence-corrected chi connectivity index (χ3v) is 5.44. The highest BCUT2D eigenvalue weighted by Crippen LogP contribution is 2.45. The van der Waals surface area contributed by atoms with Crippen molar-refractivity contribution in [1.29, 1.82) is 0 Å².